The number of rotatable bonds is 5. The fourth-order valence-corrected chi connectivity index (χ4v) is 4.74. The van der Waals surface area contributed by atoms with Gasteiger partial charge >= 0.3 is 0 Å². The Bertz CT molecular complexity index is 754. The van der Waals surface area contributed by atoms with Gasteiger partial charge in [-0.3, -0.25) is 4.79 Å². The summed E-state index contributed by atoms with van der Waals surface area (Å²) in [5, 5.41) is 0. The molecule has 0 unspecified atom stereocenters. The van der Waals surface area contributed by atoms with Crippen LogP contribution in [0.1, 0.15) is 12.8 Å². The number of amides is 1. The van der Waals surface area contributed by atoms with Crippen molar-refractivity contribution < 1.29 is 22.3 Å². The van der Waals surface area contributed by atoms with Crippen LogP contribution in [0.2, 0.25) is 0 Å². The summed E-state index contributed by atoms with van der Waals surface area (Å²) < 4.78 is 46.0. The van der Waals surface area contributed by atoms with Crippen molar-refractivity contribution in [3.8, 4) is 5.75 Å². The summed E-state index contributed by atoms with van der Waals surface area (Å²) in [6.45, 7) is 1.13. The highest BCUT2D eigenvalue weighted by molar-refractivity contribution is 7.86. The number of carbonyl (C=O) groups excluding carboxylic acids is 1. The summed E-state index contributed by atoms with van der Waals surface area (Å²) in [5.41, 5.74) is 0. The first-order chi connectivity index (χ1) is 12.3. The predicted octanol–water partition coefficient (Wildman–Crippen LogP) is 0.934. The van der Waals surface area contributed by atoms with E-state index in [1.54, 1.807) is 4.90 Å². The molecule has 0 radical (unpaired) electrons. The average molecular weight is 385 g/mol. The van der Waals surface area contributed by atoms with Crippen molar-refractivity contribution in [3.05, 3.63) is 30.1 Å². The van der Waals surface area contributed by atoms with Crippen molar-refractivity contribution >= 4 is 16.1 Å². The monoisotopic (exact) mass is 385 g/mol. The predicted molar refractivity (Wildman–Crippen MR) is 94.3 cm³/mol. The van der Waals surface area contributed by atoms with Crippen LogP contribution in [0.25, 0.3) is 0 Å². The lowest BCUT2D eigenvalue weighted by Gasteiger charge is -2.36. The number of ether oxygens (including phenoxy) is 1. The first-order valence-corrected chi connectivity index (χ1v) is 10.0. The number of nitrogens with zero attached hydrogens (tertiary/aromatic N) is 3. The molecule has 1 amide bonds. The van der Waals surface area contributed by atoms with E-state index >= 15 is 0 Å². The third-order valence-corrected chi connectivity index (χ3v) is 6.84. The van der Waals surface area contributed by atoms with E-state index in [0.29, 0.717) is 25.4 Å². The van der Waals surface area contributed by atoms with E-state index in [-0.39, 0.29) is 30.3 Å². The van der Waals surface area contributed by atoms with Crippen LogP contribution in [0.4, 0.5) is 4.39 Å². The van der Waals surface area contributed by atoms with Gasteiger partial charge < -0.3 is 9.64 Å². The summed E-state index contributed by atoms with van der Waals surface area (Å²) in [6.07, 6.45) is 1.69. The first kappa shape index (κ1) is 19.1. The van der Waals surface area contributed by atoms with Crippen LogP contribution >= 0.6 is 0 Å². The molecule has 2 bridgehead atoms. The Hall–Kier alpha value is -1.71. The molecule has 2 atom stereocenters. The molecule has 0 aromatic heterocycles. The highest BCUT2D eigenvalue weighted by atomic mass is 32.2. The maximum absolute atomic E-state index is 12.9. The third-order valence-electron chi connectivity index (χ3n) is 4.96. The smallest absolute Gasteiger partial charge is 0.281 e. The lowest BCUT2D eigenvalue weighted by atomic mass is 9.95. The van der Waals surface area contributed by atoms with Gasteiger partial charge in [-0.25, -0.2) is 4.39 Å². The molecule has 3 fully saturated rings. The lowest BCUT2D eigenvalue weighted by molar-refractivity contribution is -0.137. The summed E-state index contributed by atoms with van der Waals surface area (Å²) in [7, 11) is -0.465. The molecular weight excluding hydrogens is 361 g/mol. The number of halogens is 1. The van der Waals surface area contributed by atoms with Gasteiger partial charge in [0.15, 0.2) is 6.61 Å². The van der Waals surface area contributed by atoms with E-state index in [1.165, 1.54) is 47.0 Å². The van der Waals surface area contributed by atoms with Crippen molar-refractivity contribution in [1.29, 1.82) is 0 Å². The summed E-state index contributed by atoms with van der Waals surface area (Å²) in [4.78, 5) is 14.4. The number of fused-ring (bicyclic) bond motifs is 4. The number of benzene rings is 1. The number of piperidine rings is 1. The molecule has 1 aromatic carbocycles. The van der Waals surface area contributed by atoms with Gasteiger partial charge in [-0.05, 0) is 43.0 Å². The second-order valence-electron chi connectivity index (χ2n) is 6.99. The maximum atomic E-state index is 12.9. The summed E-state index contributed by atoms with van der Waals surface area (Å²) in [6, 6.07) is 5.35. The Labute approximate surface area is 153 Å². The van der Waals surface area contributed by atoms with E-state index < -0.39 is 10.2 Å². The molecule has 0 aliphatic carbocycles. The van der Waals surface area contributed by atoms with Crippen LogP contribution in [-0.2, 0) is 15.0 Å². The molecule has 3 aliphatic heterocycles. The van der Waals surface area contributed by atoms with Gasteiger partial charge in [0.05, 0.1) is 0 Å². The molecule has 3 heterocycles. The minimum atomic E-state index is -3.50. The van der Waals surface area contributed by atoms with Crippen LogP contribution in [0.15, 0.2) is 24.3 Å². The van der Waals surface area contributed by atoms with E-state index in [1.807, 2.05) is 0 Å². The quantitative estimate of drug-likeness (QED) is 0.756. The molecule has 0 N–H and O–H groups in total. The van der Waals surface area contributed by atoms with E-state index in [4.69, 9.17) is 4.74 Å². The molecule has 144 valence electrons. The fraction of sp³-hybridized carbons (Fsp3) is 0.588. The average Bonchev–Trinajstić information content (AvgIpc) is 2.93. The van der Waals surface area contributed by atoms with Crippen molar-refractivity contribution in [3.63, 3.8) is 0 Å². The van der Waals surface area contributed by atoms with Gasteiger partial charge in [0.1, 0.15) is 11.6 Å². The molecule has 4 rings (SSSR count). The number of carbonyl (C=O) groups is 1. The number of hydrogen-bond donors (Lipinski definition) is 0. The van der Waals surface area contributed by atoms with Gasteiger partial charge in [0, 0.05) is 39.8 Å². The maximum Gasteiger partial charge on any atom is 0.281 e. The summed E-state index contributed by atoms with van der Waals surface area (Å²) in [5.74, 6) is 0.0126. The van der Waals surface area contributed by atoms with Crippen LogP contribution in [-0.4, -0.2) is 74.2 Å². The van der Waals surface area contributed by atoms with Crippen molar-refractivity contribution in [2.45, 2.75) is 18.9 Å². The zero-order valence-electron chi connectivity index (χ0n) is 15.0. The van der Waals surface area contributed by atoms with Gasteiger partial charge in [0.2, 0.25) is 0 Å². The zero-order chi connectivity index (χ0) is 18.9. The second-order valence-corrected chi connectivity index (χ2v) is 9.14. The lowest BCUT2D eigenvalue weighted by Crippen LogP contribution is -2.49. The third kappa shape index (κ3) is 3.99. The van der Waals surface area contributed by atoms with E-state index in [9.17, 15) is 17.6 Å². The van der Waals surface area contributed by atoms with Gasteiger partial charge in [0.25, 0.3) is 16.1 Å². The van der Waals surface area contributed by atoms with Crippen LogP contribution in [0.3, 0.4) is 0 Å². The van der Waals surface area contributed by atoms with Crippen molar-refractivity contribution in [2.24, 2.45) is 5.92 Å². The first-order valence-electron chi connectivity index (χ1n) is 8.63. The van der Waals surface area contributed by atoms with E-state index in [0.717, 1.165) is 12.8 Å². The molecule has 0 saturated carbocycles. The molecule has 0 spiro atoms. The topological polar surface area (TPSA) is 70.2 Å². The van der Waals surface area contributed by atoms with Gasteiger partial charge in [-0.1, -0.05) is 0 Å². The summed E-state index contributed by atoms with van der Waals surface area (Å²) >= 11 is 0. The van der Waals surface area contributed by atoms with Crippen LogP contribution in [0.5, 0.6) is 5.75 Å². The standard InChI is InChI=1S/C17H24FN3O4S/c1-19(2)26(23,24)20-9-13-3-6-15(11-20)21(10-13)17(22)12-25-16-7-4-14(18)5-8-16/h4-5,7-8,13,15H,3,6,9-12H2,1-2H3/t13-,15+/m1/s1. The Kier molecular flexibility index (Phi) is 5.50. The Morgan fingerprint density at radius 3 is 2.54 bits per heavy atom. The SMILES string of the molecule is CN(C)S(=O)(=O)N1C[C@H]2CC[C@@H](C1)N(C(=O)COc1ccc(F)cc1)C2. The number of hydrogen-bond acceptors (Lipinski definition) is 4. The van der Waals surface area contributed by atoms with E-state index in [2.05, 4.69) is 0 Å². The normalized spacial score (nSPS) is 23.9. The van der Waals surface area contributed by atoms with Gasteiger partial charge in [-0.15, -0.1) is 0 Å². The zero-order valence-corrected chi connectivity index (χ0v) is 15.8. The van der Waals surface area contributed by atoms with Crippen LogP contribution < -0.4 is 4.74 Å². The van der Waals surface area contributed by atoms with Crippen LogP contribution in [0, 0.1) is 11.7 Å². The molecule has 26 heavy (non-hydrogen) atoms. The van der Waals surface area contributed by atoms with Crippen molar-refractivity contribution in [2.75, 3.05) is 40.3 Å². The van der Waals surface area contributed by atoms with Gasteiger partial charge in [-0.2, -0.15) is 17.0 Å². The minimum Gasteiger partial charge on any atom is -0.484 e. The Morgan fingerprint density at radius 2 is 1.88 bits per heavy atom. The largest absolute Gasteiger partial charge is 0.484 e. The van der Waals surface area contributed by atoms with Crippen molar-refractivity contribution in [1.82, 2.24) is 13.5 Å². The highest BCUT2D eigenvalue weighted by Crippen LogP contribution is 2.30. The molecule has 3 aliphatic rings. The molecule has 1 aromatic rings. The Balaban J connectivity index is 1.66. The second kappa shape index (κ2) is 7.50. The highest BCUT2D eigenvalue weighted by Gasteiger charge is 2.41. The molecule has 7 nitrogen and oxygen atoms in total. The Morgan fingerprint density at radius 1 is 1.19 bits per heavy atom. The minimum absolute atomic E-state index is 0.123. The molecule has 3 saturated heterocycles. The molecular formula is C17H24FN3O4S. The molecule has 9 heteroatoms. The fourth-order valence-electron chi connectivity index (χ4n) is 3.52.